The van der Waals surface area contributed by atoms with Crippen molar-refractivity contribution in [3.8, 4) is 17.5 Å². The van der Waals surface area contributed by atoms with E-state index in [4.69, 9.17) is 0 Å². The topological polar surface area (TPSA) is 83.6 Å². The van der Waals surface area contributed by atoms with Gasteiger partial charge in [0, 0.05) is 17.7 Å². The second kappa shape index (κ2) is 8.19. The number of aromatic nitrogens is 3. The first-order valence-electron chi connectivity index (χ1n) is 9.10. The number of hydrogen-bond donors (Lipinski definition) is 1. The zero-order valence-corrected chi connectivity index (χ0v) is 15.5. The van der Waals surface area contributed by atoms with Gasteiger partial charge in [-0.1, -0.05) is 66.7 Å². The number of nitrogens with one attached hydrogen (secondary N) is 1. The summed E-state index contributed by atoms with van der Waals surface area (Å²) in [6.45, 7) is 0.346. The number of hydrogen-bond acceptors (Lipinski definition) is 5. The van der Waals surface area contributed by atoms with Gasteiger partial charge in [0.2, 0.25) is 5.95 Å². The number of nitrogens with zero attached hydrogens (tertiary/aromatic N) is 4. The Morgan fingerprint density at radius 3 is 2.31 bits per heavy atom. The van der Waals surface area contributed by atoms with Gasteiger partial charge < -0.3 is 5.32 Å². The van der Waals surface area contributed by atoms with E-state index in [0.717, 1.165) is 11.1 Å². The molecule has 0 spiro atoms. The van der Waals surface area contributed by atoms with Crippen molar-refractivity contribution in [3.63, 3.8) is 0 Å². The molecule has 3 aromatic carbocycles. The van der Waals surface area contributed by atoms with Crippen molar-refractivity contribution in [2.45, 2.75) is 6.54 Å². The first kappa shape index (κ1) is 18.1. The zero-order valence-electron chi connectivity index (χ0n) is 15.5. The van der Waals surface area contributed by atoms with Crippen LogP contribution >= 0.6 is 0 Å². The number of carbonyl (C=O) groups is 1. The van der Waals surface area contributed by atoms with Crippen LogP contribution in [0.3, 0.4) is 0 Å². The molecular weight excluding hydrogens is 362 g/mol. The lowest BCUT2D eigenvalue weighted by Gasteiger charge is -2.08. The van der Waals surface area contributed by atoms with E-state index in [0.29, 0.717) is 29.4 Å². The van der Waals surface area contributed by atoms with Crippen LogP contribution in [0, 0.1) is 11.3 Å². The fraction of sp³-hybridized carbons (Fsp3) is 0.0435. The Morgan fingerprint density at radius 2 is 1.59 bits per heavy atom. The maximum absolute atomic E-state index is 13.0. The van der Waals surface area contributed by atoms with E-state index in [1.807, 2.05) is 54.6 Å². The van der Waals surface area contributed by atoms with Crippen molar-refractivity contribution in [2.75, 3.05) is 5.32 Å². The van der Waals surface area contributed by atoms with Crippen LogP contribution < -0.4 is 5.32 Å². The minimum Gasteiger partial charge on any atom is -0.350 e. The Kier molecular flexibility index (Phi) is 5.12. The maximum Gasteiger partial charge on any atom is 0.281 e. The molecule has 6 nitrogen and oxygen atoms in total. The minimum atomic E-state index is -0.281. The molecule has 0 bridgehead atoms. The molecule has 29 heavy (non-hydrogen) atoms. The summed E-state index contributed by atoms with van der Waals surface area (Å²) in [5.74, 6) is 0.493. The molecule has 0 amide bonds. The average molecular weight is 379 g/mol. The van der Waals surface area contributed by atoms with Gasteiger partial charge >= 0.3 is 0 Å². The van der Waals surface area contributed by atoms with Crippen molar-refractivity contribution in [1.29, 1.82) is 5.26 Å². The molecule has 0 aliphatic heterocycles. The minimum absolute atomic E-state index is 0.281. The Balaban J connectivity index is 1.70. The van der Waals surface area contributed by atoms with Crippen LogP contribution in [-0.2, 0) is 6.54 Å². The third-order valence-corrected chi connectivity index (χ3v) is 4.43. The first-order valence-corrected chi connectivity index (χ1v) is 9.10. The number of rotatable bonds is 5. The van der Waals surface area contributed by atoms with E-state index in [9.17, 15) is 10.1 Å². The van der Waals surface area contributed by atoms with Crippen LogP contribution in [-0.4, -0.2) is 20.7 Å². The smallest absolute Gasteiger partial charge is 0.281 e. The first-order chi connectivity index (χ1) is 14.3. The van der Waals surface area contributed by atoms with E-state index in [-0.39, 0.29) is 5.91 Å². The number of benzene rings is 3. The van der Waals surface area contributed by atoms with E-state index >= 15 is 0 Å². The highest BCUT2D eigenvalue weighted by Gasteiger charge is 2.18. The van der Waals surface area contributed by atoms with Gasteiger partial charge in [-0.25, -0.2) is 0 Å². The monoisotopic (exact) mass is 379 g/mol. The molecule has 1 aromatic heterocycles. The summed E-state index contributed by atoms with van der Waals surface area (Å²) < 4.78 is 1.27. The Hall–Kier alpha value is -4.24. The van der Waals surface area contributed by atoms with Crippen LogP contribution in [0.1, 0.15) is 21.5 Å². The molecule has 0 saturated carbocycles. The predicted octanol–water partition coefficient (Wildman–Crippen LogP) is 4.12. The van der Waals surface area contributed by atoms with Gasteiger partial charge in [0.1, 0.15) is 0 Å². The third-order valence-electron chi connectivity index (χ3n) is 4.43. The van der Waals surface area contributed by atoms with Gasteiger partial charge in [0.15, 0.2) is 5.82 Å². The lowest BCUT2D eigenvalue weighted by Crippen LogP contribution is -2.17. The highest BCUT2D eigenvalue weighted by atomic mass is 16.2. The quantitative estimate of drug-likeness (QED) is 0.564. The summed E-state index contributed by atoms with van der Waals surface area (Å²) in [6, 6.07) is 27.9. The highest BCUT2D eigenvalue weighted by molar-refractivity contribution is 5.97. The Bertz CT molecular complexity index is 1180. The highest BCUT2D eigenvalue weighted by Crippen LogP contribution is 2.19. The average Bonchev–Trinajstić information content (AvgIpc) is 3.23. The van der Waals surface area contributed by atoms with Crippen molar-refractivity contribution in [2.24, 2.45) is 0 Å². The van der Waals surface area contributed by atoms with E-state index in [1.54, 1.807) is 30.3 Å². The fourth-order valence-electron chi connectivity index (χ4n) is 2.94. The van der Waals surface area contributed by atoms with Gasteiger partial charge in [0.25, 0.3) is 5.91 Å². The molecule has 0 saturated heterocycles. The zero-order chi connectivity index (χ0) is 20.1. The van der Waals surface area contributed by atoms with Crippen LogP contribution in [0.5, 0.6) is 0 Å². The lowest BCUT2D eigenvalue weighted by molar-refractivity contribution is 0.0947. The number of nitriles is 1. The fourth-order valence-corrected chi connectivity index (χ4v) is 2.94. The Labute approximate surface area is 168 Å². The predicted molar refractivity (Wildman–Crippen MR) is 110 cm³/mol. The van der Waals surface area contributed by atoms with Crippen LogP contribution in [0.25, 0.3) is 11.4 Å². The molecule has 6 heteroatoms. The summed E-state index contributed by atoms with van der Waals surface area (Å²) >= 11 is 0. The largest absolute Gasteiger partial charge is 0.350 e. The van der Waals surface area contributed by atoms with Crippen LogP contribution in [0.15, 0.2) is 84.9 Å². The van der Waals surface area contributed by atoms with Gasteiger partial charge in [-0.3, -0.25) is 4.79 Å². The Morgan fingerprint density at radius 1 is 0.931 bits per heavy atom. The summed E-state index contributed by atoms with van der Waals surface area (Å²) in [5.41, 5.74) is 2.71. The molecule has 0 radical (unpaired) electrons. The standard InChI is InChI=1S/C23H17N5O/c24-15-19-13-7-8-14-20(19)16-25-23-26-21(17-9-3-1-4-10-17)27-28(23)22(29)18-11-5-2-6-12-18/h1-14H,16H2,(H,25,26,27). The molecule has 0 atom stereocenters. The van der Waals surface area contributed by atoms with Gasteiger partial charge in [-0.2, -0.15) is 14.9 Å². The molecule has 0 aliphatic rings. The van der Waals surface area contributed by atoms with Gasteiger partial charge in [-0.05, 0) is 23.8 Å². The lowest BCUT2D eigenvalue weighted by atomic mass is 10.1. The SMILES string of the molecule is N#Cc1ccccc1CNc1nc(-c2ccccc2)nn1C(=O)c1ccccc1. The normalized spacial score (nSPS) is 10.3. The molecule has 4 rings (SSSR count). The molecule has 140 valence electrons. The number of anilines is 1. The molecule has 0 aliphatic carbocycles. The van der Waals surface area contributed by atoms with E-state index < -0.39 is 0 Å². The molecule has 1 N–H and O–H groups in total. The second-order valence-corrected chi connectivity index (χ2v) is 6.33. The number of carbonyl (C=O) groups excluding carboxylic acids is 1. The summed E-state index contributed by atoms with van der Waals surface area (Å²) in [5, 5.41) is 16.9. The summed E-state index contributed by atoms with van der Waals surface area (Å²) in [6.07, 6.45) is 0. The van der Waals surface area contributed by atoms with Crippen molar-refractivity contribution in [1.82, 2.24) is 14.8 Å². The molecule has 4 aromatic rings. The molecular formula is C23H17N5O. The molecule has 1 heterocycles. The van der Waals surface area contributed by atoms with E-state index in [2.05, 4.69) is 21.5 Å². The molecule has 0 unspecified atom stereocenters. The van der Waals surface area contributed by atoms with Crippen LogP contribution in [0.4, 0.5) is 5.95 Å². The molecule has 0 fully saturated rings. The van der Waals surface area contributed by atoms with E-state index in [1.165, 1.54) is 4.68 Å². The van der Waals surface area contributed by atoms with Crippen molar-refractivity contribution >= 4 is 11.9 Å². The van der Waals surface area contributed by atoms with Gasteiger partial charge in [0.05, 0.1) is 11.6 Å². The summed E-state index contributed by atoms with van der Waals surface area (Å²) in [7, 11) is 0. The van der Waals surface area contributed by atoms with Crippen LogP contribution in [0.2, 0.25) is 0 Å². The van der Waals surface area contributed by atoms with Crippen molar-refractivity contribution < 1.29 is 4.79 Å². The van der Waals surface area contributed by atoms with Gasteiger partial charge in [-0.15, -0.1) is 5.10 Å². The van der Waals surface area contributed by atoms with Crippen molar-refractivity contribution in [3.05, 3.63) is 102 Å². The maximum atomic E-state index is 13.0. The second-order valence-electron chi connectivity index (χ2n) is 6.33. The summed E-state index contributed by atoms with van der Waals surface area (Å²) in [4.78, 5) is 17.5. The third kappa shape index (κ3) is 3.89.